The highest BCUT2D eigenvalue weighted by atomic mass is 35.5. The molecule has 0 aliphatic heterocycles. The van der Waals surface area contributed by atoms with Crippen molar-refractivity contribution in [3.8, 4) is 5.75 Å². The van der Waals surface area contributed by atoms with Crippen LogP contribution >= 0.6 is 34.5 Å². The number of carbonyl (C=O) groups is 1. The number of carbonyl (C=O) groups excluding carboxylic acids is 1. The maximum absolute atomic E-state index is 12.2. The van der Waals surface area contributed by atoms with Crippen LogP contribution in [0.3, 0.4) is 0 Å². The molecule has 0 aliphatic rings. The highest BCUT2D eigenvalue weighted by Crippen LogP contribution is 2.22. The van der Waals surface area contributed by atoms with E-state index in [-0.39, 0.29) is 12.5 Å². The van der Waals surface area contributed by atoms with Crippen molar-refractivity contribution in [2.45, 2.75) is 19.9 Å². The van der Waals surface area contributed by atoms with E-state index in [1.54, 1.807) is 24.3 Å². The normalized spacial score (nSPS) is 11.9. The van der Waals surface area contributed by atoms with Crippen LogP contribution in [-0.4, -0.2) is 17.1 Å². The highest BCUT2D eigenvalue weighted by molar-refractivity contribution is 7.16. The summed E-state index contributed by atoms with van der Waals surface area (Å²) in [6.07, 6.45) is 0.942. The van der Waals surface area contributed by atoms with Crippen LogP contribution in [0.2, 0.25) is 10.0 Å². The number of thiazole rings is 1. The smallest absolute Gasteiger partial charge is 0.286 e. The number of halogens is 2. The first kappa shape index (κ1) is 18.0. The molecule has 25 heavy (non-hydrogen) atoms. The maximum atomic E-state index is 12.2. The van der Waals surface area contributed by atoms with Crippen LogP contribution in [0.1, 0.15) is 13.3 Å². The summed E-state index contributed by atoms with van der Waals surface area (Å²) in [6.45, 7) is 2.75. The number of fused-ring (bicyclic) bond motifs is 1. The van der Waals surface area contributed by atoms with Crippen molar-refractivity contribution in [1.82, 2.24) is 4.57 Å². The summed E-state index contributed by atoms with van der Waals surface area (Å²) in [5, 5.41) is 1.29. The second kappa shape index (κ2) is 8.04. The van der Waals surface area contributed by atoms with E-state index in [1.165, 1.54) is 11.3 Å². The van der Waals surface area contributed by atoms with Gasteiger partial charge in [0.05, 0.1) is 10.2 Å². The van der Waals surface area contributed by atoms with Gasteiger partial charge >= 0.3 is 0 Å². The molecule has 1 heterocycles. The Morgan fingerprint density at radius 1 is 1.16 bits per heavy atom. The Hall–Kier alpha value is -1.82. The van der Waals surface area contributed by atoms with E-state index in [9.17, 15) is 4.79 Å². The topological polar surface area (TPSA) is 43.6 Å². The Balaban J connectivity index is 1.84. The van der Waals surface area contributed by atoms with E-state index in [0.717, 1.165) is 23.2 Å². The minimum Gasteiger partial charge on any atom is -0.484 e. The van der Waals surface area contributed by atoms with E-state index in [0.29, 0.717) is 20.6 Å². The van der Waals surface area contributed by atoms with Gasteiger partial charge in [0, 0.05) is 16.6 Å². The molecule has 1 aromatic heterocycles. The molecule has 0 N–H and O–H groups in total. The summed E-state index contributed by atoms with van der Waals surface area (Å²) in [7, 11) is 0. The van der Waals surface area contributed by atoms with E-state index in [2.05, 4.69) is 11.9 Å². The summed E-state index contributed by atoms with van der Waals surface area (Å²) in [4.78, 5) is 17.1. The Morgan fingerprint density at radius 2 is 1.88 bits per heavy atom. The zero-order valence-electron chi connectivity index (χ0n) is 13.5. The molecular weight excluding hydrogens is 379 g/mol. The van der Waals surface area contributed by atoms with Crippen molar-refractivity contribution >= 4 is 50.7 Å². The molecule has 2 aromatic carbocycles. The summed E-state index contributed by atoms with van der Waals surface area (Å²) in [5.74, 6) is 0.245. The van der Waals surface area contributed by atoms with Crippen molar-refractivity contribution in [3.05, 3.63) is 57.3 Å². The Kier molecular flexibility index (Phi) is 5.78. The summed E-state index contributed by atoms with van der Waals surface area (Å²) >= 11 is 13.3. The lowest BCUT2D eigenvalue weighted by Crippen LogP contribution is -2.19. The third-order valence-corrected chi connectivity index (χ3v) is 5.02. The van der Waals surface area contributed by atoms with Crippen molar-refractivity contribution in [1.29, 1.82) is 0 Å². The average molecular weight is 395 g/mol. The number of hydrogen-bond donors (Lipinski definition) is 0. The van der Waals surface area contributed by atoms with Gasteiger partial charge in [-0.15, -0.1) is 0 Å². The van der Waals surface area contributed by atoms with Gasteiger partial charge in [0.1, 0.15) is 5.75 Å². The fourth-order valence-corrected chi connectivity index (χ4v) is 3.86. The zero-order chi connectivity index (χ0) is 17.8. The second-order valence-corrected chi connectivity index (χ2v) is 7.28. The van der Waals surface area contributed by atoms with Gasteiger partial charge < -0.3 is 9.30 Å². The first-order valence-electron chi connectivity index (χ1n) is 7.81. The van der Waals surface area contributed by atoms with Crippen molar-refractivity contribution in [2.24, 2.45) is 4.99 Å². The predicted molar refractivity (Wildman–Crippen MR) is 103 cm³/mol. The Bertz CT molecular complexity index is 961. The van der Waals surface area contributed by atoms with Gasteiger partial charge in [0.25, 0.3) is 5.91 Å². The number of aryl methyl sites for hydroxylation is 1. The van der Waals surface area contributed by atoms with Gasteiger partial charge in [0.15, 0.2) is 11.4 Å². The van der Waals surface area contributed by atoms with E-state index < -0.39 is 0 Å². The number of hydrogen-bond acceptors (Lipinski definition) is 3. The largest absolute Gasteiger partial charge is 0.484 e. The van der Waals surface area contributed by atoms with Crippen LogP contribution in [0.25, 0.3) is 10.2 Å². The molecule has 130 valence electrons. The second-order valence-electron chi connectivity index (χ2n) is 5.40. The SMILES string of the molecule is CCCn1c(=NC(=O)COc2ccc(Cl)cc2)sc2cc(Cl)ccc21. The summed E-state index contributed by atoms with van der Waals surface area (Å²) in [5.41, 5.74) is 1.03. The molecular formula is C18H16Cl2N2O2S. The highest BCUT2D eigenvalue weighted by Gasteiger charge is 2.08. The molecule has 0 unspecified atom stereocenters. The van der Waals surface area contributed by atoms with Gasteiger partial charge in [-0.1, -0.05) is 41.5 Å². The molecule has 0 atom stereocenters. The number of aromatic nitrogens is 1. The van der Waals surface area contributed by atoms with Crippen LogP contribution in [-0.2, 0) is 11.3 Å². The predicted octanol–water partition coefficient (Wildman–Crippen LogP) is 4.93. The third-order valence-electron chi connectivity index (χ3n) is 3.49. The number of amides is 1. The lowest BCUT2D eigenvalue weighted by Gasteiger charge is -2.04. The van der Waals surface area contributed by atoms with Crippen LogP contribution in [0.5, 0.6) is 5.75 Å². The molecule has 0 saturated carbocycles. The first-order valence-corrected chi connectivity index (χ1v) is 9.39. The Labute approximate surface area is 159 Å². The Morgan fingerprint density at radius 3 is 2.60 bits per heavy atom. The summed E-state index contributed by atoms with van der Waals surface area (Å²) < 4.78 is 8.50. The van der Waals surface area contributed by atoms with E-state index in [4.69, 9.17) is 27.9 Å². The quantitative estimate of drug-likeness (QED) is 0.615. The molecule has 0 bridgehead atoms. The number of benzene rings is 2. The van der Waals surface area contributed by atoms with Gasteiger partial charge in [-0.25, -0.2) is 0 Å². The lowest BCUT2D eigenvalue weighted by atomic mass is 10.3. The standard InChI is InChI=1S/C18H16Cl2N2O2S/c1-2-9-22-15-8-5-13(20)10-16(15)25-18(22)21-17(23)11-24-14-6-3-12(19)4-7-14/h3-8,10H,2,9,11H2,1H3. The minimum absolute atomic E-state index is 0.122. The number of rotatable bonds is 5. The van der Waals surface area contributed by atoms with E-state index in [1.807, 2.05) is 22.8 Å². The van der Waals surface area contributed by atoms with Gasteiger partial charge in [-0.3, -0.25) is 4.79 Å². The fourth-order valence-electron chi connectivity index (χ4n) is 2.39. The van der Waals surface area contributed by atoms with Gasteiger partial charge in [-0.2, -0.15) is 4.99 Å². The molecule has 0 radical (unpaired) electrons. The maximum Gasteiger partial charge on any atom is 0.286 e. The van der Waals surface area contributed by atoms with Gasteiger partial charge in [-0.05, 0) is 48.9 Å². The molecule has 3 aromatic rings. The fraction of sp³-hybridized carbons (Fsp3) is 0.222. The van der Waals surface area contributed by atoms with E-state index >= 15 is 0 Å². The summed E-state index contributed by atoms with van der Waals surface area (Å²) in [6, 6.07) is 12.5. The average Bonchev–Trinajstić information content (AvgIpc) is 2.91. The molecule has 0 fully saturated rings. The van der Waals surface area contributed by atoms with Crippen LogP contribution in [0, 0.1) is 0 Å². The first-order chi connectivity index (χ1) is 12.1. The van der Waals surface area contributed by atoms with Crippen LogP contribution in [0.4, 0.5) is 0 Å². The van der Waals surface area contributed by atoms with Crippen LogP contribution < -0.4 is 9.54 Å². The van der Waals surface area contributed by atoms with Crippen molar-refractivity contribution in [3.63, 3.8) is 0 Å². The van der Waals surface area contributed by atoms with Crippen molar-refractivity contribution < 1.29 is 9.53 Å². The van der Waals surface area contributed by atoms with Crippen LogP contribution in [0.15, 0.2) is 47.5 Å². The monoisotopic (exact) mass is 394 g/mol. The minimum atomic E-state index is -0.336. The zero-order valence-corrected chi connectivity index (χ0v) is 15.9. The number of nitrogens with zero attached hydrogens (tertiary/aromatic N) is 2. The molecule has 0 saturated heterocycles. The molecule has 4 nitrogen and oxygen atoms in total. The molecule has 7 heteroatoms. The molecule has 0 aliphatic carbocycles. The van der Waals surface area contributed by atoms with Crippen molar-refractivity contribution in [2.75, 3.05) is 6.61 Å². The van der Waals surface area contributed by atoms with Gasteiger partial charge in [0.2, 0.25) is 0 Å². The lowest BCUT2D eigenvalue weighted by molar-refractivity contribution is -0.120. The third kappa shape index (κ3) is 4.42. The number of ether oxygens (including phenoxy) is 1. The molecule has 3 rings (SSSR count). The molecule has 1 amide bonds. The molecule has 0 spiro atoms.